The van der Waals surface area contributed by atoms with E-state index in [9.17, 15) is 28.1 Å². The number of aromatic nitrogens is 1. The number of benzene rings is 2. The number of nitro benzene ring substituents is 1. The number of hydrogen-bond donors (Lipinski definition) is 0. The summed E-state index contributed by atoms with van der Waals surface area (Å²) in [7, 11) is -1.81. The molecular formula is C24H26ClN3O9S. The van der Waals surface area contributed by atoms with Crippen molar-refractivity contribution in [3.8, 4) is 5.75 Å². The maximum absolute atomic E-state index is 13.6. The van der Waals surface area contributed by atoms with Gasteiger partial charge in [-0.05, 0) is 57.2 Å². The second-order valence-corrected chi connectivity index (χ2v) is 11.4. The van der Waals surface area contributed by atoms with Gasteiger partial charge in [0.15, 0.2) is 0 Å². The van der Waals surface area contributed by atoms with Gasteiger partial charge in [0.1, 0.15) is 17.9 Å². The minimum Gasteiger partial charge on any atom is -0.497 e. The Hall–Kier alpha value is -3.68. The normalized spacial score (nSPS) is 12.0. The third-order valence-electron chi connectivity index (χ3n) is 5.31. The number of carbonyl (C=O) groups is 2. The van der Waals surface area contributed by atoms with Crippen molar-refractivity contribution in [2.24, 2.45) is 0 Å². The number of carbonyl (C=O) groups excluding carboxylic acids is 2. The quantitative estimate of drug-likeness (QED) is 0.220. The minimum atomic E-state index is -4.34. The van der Waals surface area contributed by atoms with Crippen LogP contribution in [0.2, 0.25) is 5.02 Å². The molecule has 12 nitrogen and oxygen atoms in total. The summed E-state index contributed by atoms with van der Waals surface area (Å²) in [6.45, 7) is 3.61. The van der Waals surface area contributed by atoms with Gasteiger partial charge in [0.25, 0.3) is 5.69 Å². The second kappa shape index (κ2) is 11.0. The Morgan fingerprint density at radius 3 is 2.26 bits per heavy atom. The Labute approximate surface area is 223 Å². The molecule has 0 spiro atoms. The van der Waals surface area contributed by atoms with Crippen LogP contribution in [0.3, 0.4) is 0 Å². The van der Waals surface area contributed by atoms with Crippen LogP contribution in [0, 0.1) is 10.1 Å². The summed E-state index contributed by atoms with van der Waals surface area (Å²) in [6, 6.07) is 9.17. The van der Waals surface area contributed by atoms with Crippen molar-refractivity contribution in [1.82, 2.24) is 8.87 Å². The van der Waals surface area contributed by atoms with Crippen LogP contribution in [0.25, 0.3) is 10.9 Å². The summed E-state index contributed by atoms with van der Waals surface area (Å²) in [5.41, 5.74) is -1.37. The first-order valence-corrected chi connectivity index (χ1v) is 12.9. The molecule has 0 amide bonds. The van der Waals surface area contributed by atoms with Gasteiger partial charge >= 0.3 is 12.1 Å². The molecule has 1 heterocycles. The van der Waals surface area contributed by atoms with Crippen molar-refractivity contribution >= 4 is 50.3 Å². The molecule has 1 aromatic heterocycles. The van der Waals surface area contributed by atoms with E-state index < -0.39 is 45.7 Å². The minimum absolute atomic E-state index is 0.000221. The van der Waals surface area contributed by atoms with Crippen LogP contribution in [0.1, 0.15) is 26.5 Å². The Balaban J connectivity index is 2.24. The first-order valence-electron chi connectivity index (χ1n) is 11.1. The molecule has 3 aromatic rings. The van der Waals surface area contributed by atoms with Gasteiger partial charge < -0.3 is 14.2 Å². The topological polar surface area (TPSA) is 147 Å². The highest BCUT2D eigenvalue weighted by Crippen LogP contribution is 2.35. The van der Waals surface area contributed by atoms with Crippen molar-refractivity contribution in [3.05, 3.63) is 63.3 Å². The Bertz CT molecular complexity index is 1490. The fourth-order valence-electron chi connectivity index (χ4n) is 3.62. The van der Waals surface area contributed by atoms with Gasteiger partial charge in [-0.2, -0.15) is 4.31 Å². The first kappa shape index (κ1) is 28.9. The van der Waals surface area contributed by atoms with Crippen LogP contribution >= 0.6 is 11.6 Å². The number of halogens is 1. The maximum Gasteiger partial charge on any atom is 0.419 e. The average molecular weight is 568 g/mol. The van der Waals surface area contributed by atoms with E-state index in [0.717, 1.165) is 16.0 Å². The lowest BCUT2D eigenvalue weighted by Gasteiger charge is -2.24. The van der Waals surface area contributed by atoms with E-state index in [1.165, 1.54) is 49.6 Å². The lowest BCUT2D eigenvalue weighted by Crippen LogP contribution is -2.37. The van der Waals surface area contributed by atoms with E-state index in [1.54, 1.807) is 20.8 Å². The zero-order valence-corrected chi connectivity index (χ0v) is 22.8. The number of hydrogen-bond acceptors (Lipinski definition) is 9. The first-order chi connectivity index (χ1) is 17.7. The summed E-state index contributed by atoms with van der Waals surface area (Å²) in [4.78, 5) is 36.4. The third-order valence-corrected chi connectivity index (χ3v) is 7.42. The fraction of sp³-hybridized carbons (Fsp3) is 0.333. The SMILES string of the molecule is COC(=O)CN(Cc1cc2c([N+](=O)[O-])ccc(Cl)c2n1C(=O)OC(C)(C)C)S(=O)(=O)c1ccc(OC)cc1. The van der Waals surface area contributed by atoms with Crippen molar-refractivity contribution in [2.45, 2.75) is 37.8 Å². The van der Waals surface area contributed by atoms with E-state index in [0.29, 0.717) is 5.75 Å². The van der Waals surface area contributed by atoms with Crippen LogP contribution < -0.4 is 4.74 Å². The summed E-state index contributed by atoms with van der Waals surface area (Å²) in [5, 5.41) is 11.7. The Morgan fingerprint density at radius 2 is 1.74 bits per heavy atom. The molecule has 14 heteroatoms. The smallest absolute Gasteiger partial charge is 0.419 e. The summed E-state index contributed by atoms with van der Waals surface area (Å²) >= 11 is 6.36. The largest absolute Gasteiger partial charge is 0.497 e. The molecule has 0 saturated heterocycles. The van der Waals surface area contributed by atoms with E-state index in [4.69, 9.17) is 21.1 Å². The summed E-state index contributed by atoms with van der Waals surface area (Å²) in [6.07, 6.45) is -0.940. The monoisotopic (exact) mass is 567 g/mol. The molecule has 204 valence electrons. The zero-order chi connectivity index (χ0) is 28.4. The number of sulfonamides is 1. The van der Waals surface area contributed by atoms with E-state index in [1.807, 2.05) is 0 Å². The average Bonchev–Trinajstić information content (AvgIpc) is 3.22. The molecule has 0 radical (unpaired) electrons. The van der Waals surface area contributed by atoms with Crippen molar-refractivity contribution in [1.29, 1.82) is 0 Å². The van der Waals surface area contributed by atoms with Gasteiger partial charge in [-0.15, -0.1) is 0 Å². The molecule has 0 fully saturated rings. The van der Waals surface area contributed by atoms with Crippen LogP contribution in [-0.2, 0) is 30.8 Å². The van der Waals surface area contributed by atoms with Crippen LogP contribution in [-0.4, -0.2) is 60.6 Å². The molecule has 0 saturated carbocycles. The number of nitrogens with zero attached hydrogens (tertiary/aromatic N) is 3. The van der Waals surface area contributed by atoms with Gasteiger partial charge in [-0.1, -0.05) is 11.6 Å². The molecule has 0 atom stereocenters. The lowest BCUT2D eigenvalue weighted by atomic mass is 10.2. The lowest BCUT2D eigenvalue weighted by molar-refractivity contribution is -0.383. The summed E-state index contributed by atoms with van der Waals surface area (Å²) in [5.74, 6) is -0.457. The predicted molar refractivity (Wildman–Crippen MR) is 138 cm³/mol. The van der Waals surface area contributed by atoms with E-state index in [2.05, 4.69) is 4.74 Å². The maximum atomic E-state index is 13.6. The van der Waals surface area contributed by atoms with Crippen LogP contribution in [0.4, 0.5) is 10.5 Å². The number of rotatable bonds is 8. The molecule has 0 N–H and O–H groups in total. The fourth-order valence-corrected chi connectivity index (χ4v) is 5.22. The molecule has 0 aliphatic carbocycles. The van der Waals surface area contributed by atoms with Gasteiger partial charge in [-0.3, -0.25) is 14.9 Å². The van der Waals surface area contributed by atoms with Crippen LogP contribution in [0.15, 0.2) is 47.4 Å². The number of fused-ring (bicyclic) bond motifs is 1. The highest BCUT2D eigenvalue weighted by Gasteiger charge is 2.32. The third kappa shape index (κ3) is 6.06. The van der Waals surface area contributed by atoms with E-state index >= 15 is 0 Å². The summed E-state index contributed by atoms with van der Waals surface area (Å²) < 4.78 is 44.2. The van der Waals surface area contributed by atoms with Crippen molar-refractivity contribution in [3.63, 3.8) is 0 Å². The number of ether oxygens (including phenoxy) is 3. The van der Waals surface area contributed by atoms with Gasteiger partial charge in [0.2, 0.25) is 10.0 Å². The molecule has 0 aliphatic heterocycles. The number of esters is 1. The van der Waals surface area contributed by atoms with Crippen molar-refractivity contribution < 1.29 is 37.1 Å². The standard InChI is InChI=1S/C24H26ClN3O9S/c1-24(2,3)37-23(30)27-15(12-18-20(28(31)32)11-10-19(25)22(18)27)13-26(14-21(29)36-5)38(33,34)17-8-6-16(35-4)7-9-17/h6-12H,13-14H2,1-5H3. The number of non-ortho nitro benzene ring substituents is 1. The molecule has 0 unspecified atom stereocenters. The Kier molecular flexibility index (Phi) is 8.34. The van der Waals surface area contributed by atoms with Gasteiger partial charge in [0.05, 0.1) is 46.5 Å². The highest BCUT2D eigenvalue weighted by molar-refractivity contribution is 7.89. The Morgan fingerprint density at radius 1 is 1.11 bits per heavy atom. The molecule has 2 aromatic carbocycles. The highest BCUT2D eigenvalue weighted by atomic mass is 35.5. The molecule has 38 heavy (non-hydrogen) atoms. The molecule has 3 rings (SSSR count). The zero-order valence-electron chi connectivity index (χ0n) is 21.3. The molecule has 0 aliphatic rings. The van der Waals surface area contributed by atoms with Crippen molar-refractivity contribution in [2.75, 3.05) is 20.8 Å². The van der Waals surface area contributed by atoms with Gasteiger partial charge in [0, 0.05) is 11.8 Å². The second-order valence-electron chi connectivity index (χ2n) is 9.06. The number of nitro groups is 1. The van der Waals surface area contributed by atoms with Crippen LogP contribution in [0.5, 0.6) is 5.75 Å². The number of methoxy groups -OCH3 is 2. The van der Waals surface area contributed by atoms with Gasteiger partial charge in [-0.25, -0.2) is 17.8 Å². The molecule has 0 bridgehead atoms. The molecular weight excluding hydrogens is 542 g/mol. The van der Waals surface area contributed by atoms with E-state index in [-0.39, 0.29) is 32.2 Å². The predicted octanol–water partition coefficient (Wildman–Crippen LogP) is 4.36.